The van der Waals surface area contributed by atoms with Gasteiger partial charge in [-0.15, -0.1) is 0 Å². The first-order valence-electron chi connectivity index (χ1n) is 22.6. The van der Waals surface area contributed by atoms with Gasteiger partial charge in [0, 0.05) is 38.9 Å². The third-order valence-electron chi connectivity index (χ3n) is 13.6. The van der Waals surface area contributed by atoms with E-state index in [1.165, 1.54) is 76.8 Å². The minimum absolute atomic E-state index is 0.112. The zero-order chi connectivity index (χ0) is 43.5. The summed E-state index contributed by atoms with van der Waals surface area (Å²) < 4.78 is 0. The SMILES string of the molecule is CC1(C)c2ccccc2-c2ccc(N(c3ccc(-c4ccc(N(c5ccc(-c6ccccc6)cc5)c5ccc6ccccc6c5)c5ccccc45)cc3)c3cccc4ccccc34)cc21. The molecule has 11 aromatic carbocycles. The Bertz CT molecular complexity index is 3560. The molecule has 0 atom stereocenters. The molecular formula is C63H46N2. The molecule has 1 aliphatic rings. The molecule has 12 rings (SSSR count). The van der Waals surface area contributed by atoms with Crippen LogP contribution in [0.15, 0.2) is 243 Å². The van der Waals surface area contributed by atoms with Gasteiger partial charge < -0.3 is 9.80 Å². The molecule has 0 saturated heterocycles. The molecule has 65 heavy (non-hydrogen) atoms. The Morgan fingerprint density at radius 2 is 0.785 bits per heavy atom. The molecule has 308 valence electrons. The maximum atomic E-state index is 2.44. The predicted octanol–water partition coefficient (Wildman–Crippen LogP) is 17.7. The zero-order valence-corrected chi connectivity index (χ0v) is 36.5. The number of hydrogen-bond acceptors (Lipinski definition) is 2. The summed E-state index contributed by atoms with van der Waals surface area (Å²) in [6.07, 6.45) is 0. The van der Waals surface area contributed by atoms with E-state index in [9.17, 15) is 0 Å². The maximum absolute atomic E-state index is 2.44. The van der Waals surface area contributed by atoms with Gasteiger partial charge in [0.1, 0.15) is 0 Å². The highest BCUT2D eigenvalue weighted by atomic mass is 15.1. The fourth-order valence-corrected chi connectivity index (χ4v) is 10.4. The molecular weight excluding hydrogens is 785 g/mol. The topological polar surface area (TPSA) is 6.48 Å². The first-order chi connectivity index (χ1) is 32.0. The second-order valence-electron chi connectivity index (χ2n) is 17.7. The predicted molar refractivity (Wildman–Crippen MR) is 277 cm³/mol. The van der Waals surface area contributed by atoms with E-state index in [2.05, 4.69) is 266 Å². The molecule has 2 heteroatoms. The summed E-state index contributed by atoms with van der Waals surface area (Å²) in [4.78, 5) is 4.85. The number of anilines is 6. The number of nitrogens with zero attached hydrogens (tertiary/aromatic N) is 2. The third kappa shape index (κ3) is 6.57. The molecule has 0 aliphatic heterocycles. The van der Waals surface area contributed by atoms with Gasteiger partial charge >= 0.3 is 0 Å². The molecule has 0 amide bonds. The van der Waals surface area contributed by atoms with Crippen LogP contribution in [-0.2, 0) is 5.41 Å². The molecule has 0 N–H and O–H groups in total. The highest BCUT2D eigenvalue weighted by Gasteiger charge is 2.36. The maximum Gasteiger partial charge on any atom is 0.0540 e. The summed E-state index contributed by atoms with van der Waals surface area (Å²) in [6, 6.07) is 88.9. The normalized spacial score (nSPS) is 12.6. The molecule has 2 nitrogen and oxygen atoms in total. The Hall–Kier alpha value is -8.20. The summed E-state index contributed by atoms with van der Waals surface area (Å²) in [7, 11) is 0. The first-order valence-corrected chi connectivity index (χ1v) is 22.6. The van der Waals surface area contributed by atoms with Crippen LogP contribution in [0, 0.1) is 0 Å². The summed E-state index contributed by atoms with van der Waals surface area (Å²) in [6.45, 7) is 4.72. The van der Waals surface area contributed by atoms with E-state index in [1.807, 2.05) is 0 Å². The highest BCUT2D eigenvalue weighted by molar-refractivity contribution is 6.07. The van der Waals surface area contributed by atoms with Gasteiger partial charge in [0.15, 0.2) is 0 Å². The van der Waals surface area contributed by atoms with Crippen molar-refractivity contribution in [1.29, 1.82) is 0 Å². The van der Waals surface area contributed by atoms with Gasteiger partial charge in [-0.2, -0.15) is 0 Å². The van der Waals surface area contributed by atoms with Crippen LogP contribution in [0.1, 0.15) is 25.0 Å². The van der Waals surface area contributed by atoms with E-state index < -0.39 is 0 Å². The molecule has 0 aromatic heterocycles. The molecule has 1 aliphatic carbocycles. The smallest absolute Gasteiger partial charge is 0.0540 e. The second-order valence-corrected chi connectivity index (χ2v) is 17.7. The summed E-state index contributed by atoms with van der Waals surface area (Å²) in [5, 5.41) is 7.27. The van der Waals surface area contributed by atoms with E-state index in [4.69, 9.17) is 0 Å². The van der Waals surface area contributed by atoms with E-state index in [0.717, 1.165) is 34.1 Å². The average Bonchev–Trinajstić information content (AvgIpc) is 3.60. The lowest BCUT2D eigenvalue weighted by atomic mass is 9.82. The minimum Gasteiger partial charge on any atom is -0.310 e. The Balaban J connectivity index is 0.972. The lowest BCUT2D eigenvalue weighted by Crippen LogP contribution is -2.16. The Morgan fingerprint density at radius 3 is 1.55 bits per heavy atom. The monoisotopic (exact) mass is 830 g/mol. The van der Waals surface area contributed by atoms with Crippen molar-refractivity contribution in [3.63, 3.8) is 0 Å². The number of rotatable bonds is 8. The van der Waals surface area contributed by atoms with Crippen LogP contribution in [0.25, 0.3) is 65.7 Å². The summed E-state index contributed by atoms with van der Waals surface area (Å²) in [5.74, 6) is 0. The van der Waals surface area contributed by atoms with E-state index in [0.29, 0.717) is 0 Å². The number of fused-ring (bicyclic) bond motifs is 6. The number of hydrogen-bond donors (Lipinski definition) is 0. The fourth-order valence-electron chi connectivity index (χ4n) is 10.4. The molecule has 0 radical (unpaired) electrons. The third-order valence-corrected chi connectivity index (χ3v) is 13.6. The summed E-state index contributed by atoms with van der Waals surface area (Å²) in [5.41, 5.74) is 16.8. The Kier molecular flexibility index (Phi) is 9.21. The van der Waals surface area contributed by atoms with Gasteiger partial charge in [-0.1, -0.05) is 196 Å². The van der Waals surface area contributed by atoms with Gasteiger partial charge in [-0.3, -0.25) is 0 Å². The van der Waals surface area contributed by atoms with Crippen molar-refractivity contribution < 1.29 is 0 Å². The van der Waals surface area contributed by atoms with Crippen molar-refractivity contribution in [2.24, 2.45) is 0 Å². The molecule has 11 aromatic rings. The Morgan fingerprint density at radius 1 is 0.277 bits per heavy atom. The van der Waals surface area contributed by atoms with E-state index in [-0.39, 0.29) is 5.41 Å². The van der Waals surface area contributed by atoms with Crippen LogP contribution in [0.4, 0.5) is 34.1 Å². The Labute approximate surface area is 380 Å². The van der Waals surface area contributed by atoms with Gasteiger partial charge in [0.2, 0.25) is 0 Å². The van der Waals surface area contributed by atoms with Gasteiger partial charge in [0.05, 0.1) is 11.4 Å². The first kappa shape index (κ1) is 38.5. The summed E-state index contributed by atoms with van der Waals surface area (Å²) >= 11 is 0. The minimum atomic E-state index is -0.112. The lowest BCUT2D eigenvalue weighted by molar-refractivity contribution is 0.660. The highest BCUT2D eigenvalue weighted by Crippen LogP contribution is 2.51. The van der Waals surface area contributed by atoms with Gasteiger partial charge in [-0.25, -0.2) is 0 Å². The van der Waals surface area contributed by atoms with Crippen LogP contribution in [-0.4, -0.2) is 0 Å². The van der Waals surface area contributed by atoms with Crippen LogP contribution >= 0.6 is 0 Å². The van der Waals surface area contributed by atoms with Gasteiger partial charge in [-0.05, 0) is 127 Å². The van der Waals surface area contributed by atoms with Crippen LogP contribution < -0.4 is 9.80 Å². The molecule has 0 unspecified atom stereocenters. The molecule has 0 spiro atoms. The average molecular weight is 831 g/mol. The van der Waals surface area contributed by atoms with Crippen molar-refractivity contribution in [2.45, 2.75) is 19.3 Å². The van der Waals surface area contributed by atoms with Crippen molar-refractivity contribution in [3.05, 3.63) is 254 Å². The largest absolute Gasteiger partial charge is 0.310 e. The van der Waals surface area contributed by atoms with E-state index >= 15 is 0 Å². The van der Waals surface area contributed by atoms with Crippen LogP contribution in [0.5, 0.6) is 0 Å². The van der Waals surface area contributed by atoms with E-state index in [1.54, 1.807) is 0 Å². The van der Waals surface area contributed by atoms with Crippen molar-refractivity contribution >= 4 is 66.4 Å². The standard InChI is InChI=1S/C63H46N2/c1-63(2)59-25-13-12-23-56(59)57-38-37-52(42-60(57)63)65(61-26-14-20-46-18-8-9-21-54(46)61)50-34-30-47(31-35-50)53-39-40-62(58-24-11-10-22-55(53)58)64(51-36-29-44-17-6-7-19-48(44)41-51)49-32-27-45(28-33-49)43-15-4-3-5-16-43/h3-42H,1-2H3. The lowest BCUT2D eigenvalue weighted by Gasteiger charge is -2.29. The van der Waals surface area contributed by atoms with Crippen molar-refractivity contribution in [2.75, 3.05) is 9.80 Å². The van der Waals surface area contributed by atoms with Crippen molar-refractivity contribution in [3.8, 4) is 33.4 Å². The number of benzene rings is 11. The quantitative estimate of drug-likeness (QED) is 0.151. The molecule has 0 heterocycles. The van der Waals surface area contributed by atoms with Gasteiger partial charge in [0.25, 0.3) is 0 Å². The molecule has 0 fully saturated rings. The molecule has 0 bridgehead atoms. The van der Waals surface area contributed by atoms with Crippen LogP contribution in [0.2, 0.25) is 0 Å². The fraction of sp³-hybridized carbons (Fsp3) is 0.0476. The van der Waals surface area contributed by atoms with Crippen molar-refractivity contribution in [1.82, 2.24) is 0 Å². The zero-order valence-electron chi connectivity index (χ0n) is 36.5. The van der Waals surface area contributed by atoms with Crippen LogP contribution in [0.3, 0.4) is 0 Å². The molecule has 0 saturated carbocycles. The second kappa shape index (κ2) is 15.6.